The molecule has 1 N–H and O–H groups in total. The maximum Gasteiger partial charge on any atom is 0.326 e. The minimum atomic E-state index is -1.45. The molecule has 5 nitrogen and oxygen atoms in total. The molecule has 5 rings (SSSR count). The van der Waals surface area contributed by atoms with E-state index in [4.69, 9.17) is 4.74 Å². The highest BCUT2D eigenvalue weighted by Gasteiger charge is 2.47. The first-order valence-electron chi connectivity index (χ1n) is 13.2. The van der Waals surface area contributed by atoms with Gasteiger partial charge >= 0.3 is 5.97 Å². The van der Waals surface area contributed by atoms with E-state index in [0.717, 1.165) is 48.5 Å². The lowest BCUT2D eigenvalue weighted by molar-refractivity contribution is -0.142. The highest BCUT2D eigenvalue weighted by atomic mass is 19.1. The second-order valence-corrected chi connectivity index (χ2v) is 12.2. The molecule has 0 radical (unpaired) electrons. The Kier molecular flexibility index (Phi) is 6.33. The van der Waals surface area contributed by atoms with Gasteiger partial charge in [0.25, 0.3) is 5.91 Å². The van der Waals surface area contributed by atoms with E-state index in [1.165, 1.54) is 31.9 Å². The van der Waals surface area contributed by atoms with Gasteiger partial charge in [0, 0.05) is 17.4 Å². The molecule has 0 aromatic heterocycles. The molecule has 192 valence electrons. The zero-order valence-electron chi connectivity index (χ0n) is 20.9. The van der Waals surface area contributed by atoms with E-state index < -0.39 is 35.8 Å². The molecule has 0 spiro atoms. The number of nitrogens with zero attached hydrogens (tertiary/aromatic N) is 1. The van der Waals surface area contributed by atoms with Crippen LogP contribution in [0.5, 0.6) is 5.75 Å². The first-order valence-corrected chi connectivity index (χ1v) is 13.2. The number of halogens is 2. The van der Waals surface area contributed by atoms with Gasteiger partial charge in [-0.25, -0.2) is 13.6 Å². The Morgan fingerprint density at radius 1 is 1.11 bits per heavy atom. The van der Waals surface area contributed by atoms with Gasteiger partial charge in [-0.05, 0) is 80.2 Å². The van der Waals surface area contributed by atoms with Crippen LogP contribution in [0.4, 0.5) is 8.78 Å². The highest BCUT2D eigenvalue weighted by Crippen LogP contribution is 2.53. The predicted molar refractivity (Wildman–Crippen MR) is 128 cm³/mol. The Bertz CT molecular complexity index is 989. The first-order chi connectivity index (χ1) is 16.6. The van der Waals surface area contributed by atoms with Crippen LogP contribution in [-0.4, -0.2) is 47.2 Å². The summed E-state index contributed by atoms with van der Waals surface area (Å²) in [6.07, 6.45) is 6.40. The van der Waals surface area contributed by atoms with Crippen LogP contribution in [-0.2, 0) is 4.79 Å². The molecule has 2 bridgehead atoms. The Morgan fingerprint density at radius 2 is 1.77 bits per heavy atom. The monoisotopic (exact) mass is 489 g/mol. The number of carboxylic acid groups (broad SMARTS) is 1. The molecule has 1 amide bonds. The zero-order valence-corrected chi connectivity index (χ0v) is 20.9. The third-order valence-corrected chi connectivity index (χ3v) is 8.93. The Labute approximate surface area is 206 Å². The lowest BCUT2D eigenvalue weighted by atomic mass is 9.57. The minimum absolute atomic E-state index is 0.113. The standard InChI is InChI=1S/C28H37F2NO4/c1-15-6-18-7-16(2)11-28(10-15,12-18)14-35-24-9-22(29)21(8-20(24)19-4-5-19)26(32)31-13-23(30)17(3)25(31)27(33)34/h8-9,15-19,23,25H,4-7,10-14H2,1-3H3,(H,33,34)/t15?,16?,17-,18?,23+,25-,28?/m0/s1. The lowest BCUT2D eigenvalue weighted by Crippen LogP contribution is -2.43. The second-order valence-electron chi connectivity index (χ2n) is 12.2. The summed E-state index contributed by atoms with van der Waals surface area (Å²) in [7, 11) is 0. The summed E-state index contributed by atoms with van der Waals surface area (Å²) in [6.45, 7) is 6.32. The molecule has 3 saturated carbocycles. The summed E-state index contributed by atoms with van der Waals surface area (Å²) in [5.41, 5.74) is 0.733. The molecule has 4 fully saturated rings. The zero-order chi connectivity index (χ0) is 25.1. The normalized spacial score (nSPS) is 36.8. The third-order valence-electron chi connectivity index (χ3n) is 8.93. The molecular weight excluding hydrogens is 452 g/mol. The number of aliphatic carboxylic acids is 1. The van der Waals surface area contributed by atoms with Crippen molar-refractivity contribution in [3.63, 3.8) is 0 Å². The van der Waals surface area contributed by atoms with Gasteiger partial charge in [0.15, 0.2) is 0 Å². The fourth-order valence-corrected chi connectivity index (χ4v) is 7.56. The van der Waals surface area contributed by atoms with Crippen molar-refractivity contribution in [1.29, 1.82) is 0 Å². The Hall–Kier alpha value is -2.18. The third kappa shape index (κ3) is 4.67. The maximum absolute atomic E-state index is 15.3. The second kappa shape index (κ2) is 9.04. The molecule has 1 saturated heterocycles. The number of benzene rings is 1. The smallest absolute Gasteiger partial charge is 0.326 e. The van der Waals surface area contributed by atoms with Crippen LogP contribution in [0.3, 0.4) is 0 Å². The Balaban J connectivity index is 1.40. The van der Waals surface area contributed by atoms with Crippen LogP contribution in [0.2, 0.25) is 0 Å². The van der Waals surface area contributed by atoms with Crippen molar-refractivity contribution in [2.45, 2.75) is 83.8 Å². The number of ether oxygens (including phenoxy) is 1. The molecule has 1 aromatic carbocycles. The van der Waals surface area contributed by atoms with Crippen LogP contribution in [0, 0.1) is 34.9 Å². The number of carbonyl (C=O) groups is 2. The summed E-state index contributed by atoms with van der Waals surface area (Å²) < 4.78 is 36.0. The molecule has 1 aromatic rings. The van der Waals surface area contributed by atoms with Crippen molar-refractivity contribution in [2.75, 3.05) is 13.2 Å². The molecule has 1 heterocycles. The number of amides is 1. The highest BCUT2D eigenvalue weighted by molar-refractivity contribution is 5.97. The fourth-order valence-electron chi connectivity index (χ4n) is 7.56. The number of hydrogen-bond donors (Lipinski definition) is 1. The van der Waals surface area contributed by atoms with Crippen molar-refractivity contribution in [3.8, 4) is 5.75 Å². The number of fused-ring (bicyclic) bond motifs is 2. The van der Waals surface area contributed by atoms with Crippen molar-refractivity contribution in [1.82, 2.24) is 4.90 Å². The maximum atomic E-state index is 15.3. The van der Waals surface area contributed by atoms with Gasteiger partial charge in [0.05, 0.1) is 18.7 Å². The number of alkyl halides is 1. The first kappa shape index (κ1) is 24.5. The van der Waals surface area contributed by atoms with Crippen LogP contribution in [0.25, 0.3) is 0 Å². The van der Waals surface area contributed by atoms with Gasteiger partial charge < -0.3 is 14.7 Å². The molecule has 1 aliphatic heterocycles. The van der Waals surface area contributed by atoms with Crippen LogP contribution in [0.1, 0.15) is 87.6 Å². The SMILES string of the molecule is CC1CC2CC(C)CC(COc3cc(F)c(C(=O)N4C[C@@H](F)[C@H](C)[C@H]4C(=O)O)cc3C3CC3)(C1)C2. The molecule has 4 aliphatic rings. The van der Waals surface area contributed by atoms with Gasteiger partial charge in [-0.1, -0.05) is 20.8 Å². The molecule has 3 aliphatic carbocycles. The van der Waals surface area contributed by atoms with Crippen LogP contribution in [0.15, 0.2) is 12.1 Å². The molecular formula is C28H37F2NO4. The van der Waals surface area contributed by atoms with Gasteiger partial charge in [-0.3, -0.25) is 4.79 Å². The van der Waals surface area contributed by atoms with Gasteiger partial charge in [-0.15, -0.1) is 0 Å². The average molecular weight is 490 g/mol. The summed E-state index contributed by atoms with van der Waals surface area (Å²) in [5, 5.41) is 9.56. The summed E-state index contributed by atoms with van der Waals surface area (Å²) in [5.74, 6) is -0.857. The summed E-state index contributed by atoms with van der Waals surface area (Å²) in [4.78, 5) is 25.9. The van der Waals surface area contributed by atoms with Gasteiger partial charge in [0.2, 0.25) is 0 Å². The largest absolute Gasteiger partial charge is 0.493 e. The van der Waals surface area contributed by atoms with Gasteiger partial charge in [0.1, 0.15) is 23.8 Å². The van der Waals surface area contributed by atoms with Crippen LogP contribution < -0.4 is 4.74 Å². The number of hydrogen-bond acceptors (Lipinski definition) is 3. The number of carboxylic acids is 1. The fraction of sp³-hybridized carbons (Fsp3) is 0.714. The van der Waals surface area contributed by atoms with E-state index in [9.17, 15) is 19.1 Å². The van der Waals surface area contributed by atoms with E-state index in [1.807, 2.05) is 0 Å². The number of likely N-dealkylation sites (tertiary alicyclic amines) is 1. The van der Waals surface area contributed by atoms with E-state index in [2.05, 4.69) is 13.8 Å². The predicted octanol–water partition coefficient (Wildman–Crippen LogP) is 5.82. The molecule has 35 heavy (non-hydrogen) atoms. The van der Waals surface area contributed by atoms with Crippen molar-refractivity contribution < 1.29 is 28.2 Å². The van der Waals surface area contributed by atoms with Crippen molar-refractivity contribution in [2.24, 2.45) is 29.1 Å². The average Bonchev–Trinajstić information content (AvgIpc) is 3.56. The topological polar surface area (TPSA) is 66.8 Å². The molecule has 7 heteroatoms. The lowest BCUT2D eigenvalue weighted by Gasteiger charge is -2.49. The minimum Gasteiger partial charge on any atom is -0.493 e. The molecule has 5 atom stereocenters. The molecule has 2 unspecified atom stereocenters. The van der Waals surface area contributed by atoms with Crippen molar-refractivity contribution in [3.05, 3.63) is 29.1 Å². The van der Waals surface area contributed by atoms with Crippen LogP contribution >= 0.6 is 0 Å². The van der Waals surface area contributed by atoms with E-state index >= 15 is 4.39 Å². The number of rotatable bonds is 6. The summed E-state index contributed by atoms with van der Waals surface area (Å²) in [6, 6.07) is 1.54. The van der Waals surface area contributed by atoms with Crippen molar-refractivity contribution >= 4 is 11.9 Å². The number of carbonyl (C=O) groups excluding carboxylic acids is 1. The Morgan fingerprint density at radius 3 is 2.37 bits per heavy atom. The van der Waals surface area contributed by atoms with E-state index in [1.54, 1.807) is 0 Å². The summed E-state index contributed by atoms with van der Waals surface area (Å²) >= 11 is 0. The van der Waals surface area contributed by atoms with E-state index in [-0.39, 0.29) is 23.4 Å². The van der Waals surface area contributed by atoms with Gasteiger partial charge in [-0.2, -0.15) is 0 Å². The quantitative estimate of drug-likeness (QED) is 0.547. The van der Waals surface area contributed by atoms with E-state index in [0.29, 0.717) is 24.2 Å².